The number of aliphatic carboxylic acids is 1. The van der Waals surface area contributed by atoms with E-state index < -0.39 is 23.5 Å². The monoisotopic (exact) mass is 344 g/mol. The molecule has 0 aliphatic rings. The average molecular weight is 345 g/mol. The number of carboxylic acids is 1. The second-order valence-electron chi connectivity index (χ2n) is 4.91. The van der Waals surface area contributed by atoms with Crippen molar-refractivity contribution in [2.45, 2.75) is 12.8 Å². The molecule has 0 aromatic heterocycles. The Morgan fingerprint density at radius 3 is 2.18 bits per heavy atom. The Balaban J connectivity index is 2.23. The third kappa shape index (κ3) is 4.18. The zero-order valence-electron chi connectivity index (χ0n) is 11.3. The van der Waals surface area contributed by atoms with E-state index in [-0.39, 0.29) is 17.9 Å². The van der Waals surface area contributed by atoms with Gasteiger partial charge < -0.3 is 5.11 Å². The molecule has 0 saturated carbocycles. The van der Waals surface area contributed by atoms with E-state index in [2.05, 4.69) is 0 Å². The lowest BCUT2D eigenvalue weighted by atomic mass is 9.92. The van der Waals surface area contributed by atoms with Gasteiger partial charge in [-0.3, -0.25) is 4.79 Å². The molecule has 1 N–H and O–H groups in total. The second kappa shape index (κ2) is 7.07. The summed E-state index contributed by atoms with van der Waals surface area (Å²) in [6.07, 6.45) is 0.154. The molecule has 22 heavy (non-hydrogen) atoms. The summed E-state index contributed by atoms with van der Waals surface area (Å²) in [5, 5.41) is 9.81. The summed E-state index contributed by atoms with van der Waals surface area (Å²) in [4.78, 5) is 11.4. The molecule has 1 unspecified atom stereocenters. The molecule has 0 aliphatic heterocycles. The van der Waals surface area contributed by atoms with Crippen molar-refractivity contribution in [3.63, 3.8) is 0 Å². The van der Waals surface area contributed by atoms with E-state index in [1.165, 1.54) is 30.3 Å². The lowest BCUT2D eigenvalue weighted by Gasteiger charge is -2.14. The molecule has 6 heteroatoms. The van der Waals surface area contributed by atoms with E-state index in [0.29, 0.717) is 16.1 Å². The number of benzene rings is 2. The first-order valence-corrected chi connectivity index (χ1v) is 7.23. The van der Waals surface area contributed by atoms with Gasteiger partial charge in [-0.15, -0.1) is 0 Å². The fourth-order valence-corrected chi connectivity index (χ4v) is 2.60. The Morgan fingerprint density at radius 1 is 0.955 bits per heavy atom. The SMILES string of the molecule is O=C(O)C(Cc1ccc(F)cc1Cl)Cc1cc(F)ccc1Cl. The van der Waals surface area contributed by atoms with E-state index in [1.807, 2.05) is 0 Å². The summed E-state index contributed by atoms with van der Waals surface area (Å²) in [5.41, 5.74) is 0.926. The molecular weight excluding hydrogens is 333 g/mol. The topological polar surface area (TPSA) is 37.3 Å². The number of carbonyl (C=O) groups is 1. The van der Waals surface area contributed by atoms with Gasteiger partial charge in [0, 0.05) is 10.0 Å². The molecule has 2 aromatic carbocycles. The highest BCUT2D eigenvalue weighted by molar-refractivity contribution is 6.31. The molecule has 0 amide bonds. The molecule has 0 fully saturated rings. The molecule has 0 saturated heterocycles. The number of rotatable bonds is 5. The minimum Gasteiger partial charge on any atom is -0.481 e. The van der Waals surface area contributed by atoms with Gasteiger partial charge in [0.15, 0.2) is 0 Å². The van der Waals surface area contributed by atoms with Crippen LogP contribution in [-0.4, -0.2) is 11.1 Å². The first kappa shape index (κ1) is 16.7. The van der Waals surface area contributed by atoms with E-state index in [4.69, 9.17) is 23.2 Å². The summed E-state index contributed by atoms with van der Waals surface area (Å²) in [6.45, 7) is 0. The predicted octanol–water partition coefficient (Wildman–Crippen LogP) is 4.76. The van der Waals surface area contributed by atoms with Gasteiger partial charge in [0.1, 0.15) is 11.6 Å². The smallest absolute Gasteiger partial charge is 0.307 e. The van der Waals surface area contributed by atoms with E-state index in [0.717, 1.165) is 6.07 Å². The van der Waals surface area contributed by atoms with Crippen molar-refractivity contribution in [1.29, 1.82) is 0 Å². The van der Waals surface area contributed by atoms with Gasteiger partial charge in [-0.25, -0.2) is 8.78 Å². The van der Waals surface area contributed by atoms with Crippen LogP contribution in [0, 0.1) is 17.6 Å². The van der Waals surface area contributed by atoms with Crippen LogP contribution in [0.3, 0.4) is 0 Å². The van der Waals surface area contributed by atoms with Crippen LogP contribution >= 0.6 is 23.2 Å². The van der Waals surface area contributed by atoms with Crippen LogP contribution < -0.4 is 0 Å². The quantitative estimate of drug-likeness (QED) is 0.849. The molecule has 0 radical (unpaired) electrons. The number of carboxylic acid groups (broad SMARTS) is 1. The normalized spacial score (nSPS) is 12.2. The Bertz CT molecular complexity index is 705. The molecule has 0 heterocycles. The molecule has 0 spiro atoms. The summed E-state index contributed by atoms with van der Waals surface area (Å²) < 4.78 is 26.3. The summed E-state index contributed by atoms with van der Waals surface area (Å²) in [6, 6.07) is 7.60. The van der Waals surface area contributed by atoms with Gasteiger partial charge in [-0.05, 0) is 54.3 Å². The van der Waals surface area contributed by atoms with Crippen molar-refractivity contribution in [3.8, 4) is 0 Å². The number of hydrogen-bond donors (Lipinski definition) is 1. The van der Waals surface area contributed by atoms with Crippen molar-refractivity contribution in [2.24, 2.45) is 5.92 Å². The zero-order chi connectivity index (χ0) is 16.3. The lowest BCUT2D eigenvalue weighted by Crippen LogP contribution is -2.19. The third-order valence-corrected chi connectivity index (χ3v) is 4.03. The lowest BCUT2D eigenvalue weighted by molar-refractivity contribution is -0.141. The molecule has 0 bridgehead atoms. The standard InChI is InChI=1S/C16H12Cl2F2O2/c17-14-4-3-12(19)7-10(14)6-11(16(21)22)5-9-1-2-13(20)8-15(9)18/h1-4,7-8,11H,5-6H2,(H,21,22). The molecule has 2 aromatic rings. The summed E-state index contributed by atoms with van der Waals surface area (Å²) >= 11 is 11.9. The summed E-state index contributed by atoms with van der Waals surface area (Å²) in [7, 11) is 0. The zero-order valence-corrected chi connectivity index (χ0v) is 12.8. The minimum absolute atomic E-state index is 0.0552. The van der Waals surface area contributed by atoms with Crippen LogP contribution in [0.5, 0.6) is 0 Å². The van der Waals surface area contributed by atoms with Gasteiger partial charge >= 0.3 is 5.97 Å². The highest BCUT2D eigenvalue weighted by Crippen LogP contribution is 2.25. The minimum atomic E-state index is -1.05. The fraction of sp³-hybridized carbons (Fsp3) is 0.188. The highest BCUT2D eigenvalue weighted by atomic mass is 35.5. The van der Waals surface area contributed by atoms with Crippen LogP contribution in [0.4, 0.5) is 8.78 Å². The molecule has 2 rings (SSSR count). The maximum absolute atomic E-state index is 13.3. The number of hydrogen-bond acceptors (Lipinski definition) is 1. The second-order valence-corrected chi connectivity index (χ2v) is 5.73. The number of halogens is 4. The third-order valence-electron chi connectivity index (χ3n) is 3.30. The molecule has 1 atom stereocenters. The Kier molecular flexibility index (Phi) is 5.37. The van der Waals surface area contributed by atoms with Crippen LogP contribution in [-0.2, 0) is 17.6 Å². The van der Waals surface area contributed by atoms with Gasteiger partial charge in [0.2, 0.25) is 0 Å². The Labute approximate surface area is 136 Å². The Morgan fingerprint density at radius 2 is 1.55 bits per heavy atom. The van der Waals surface area contributed by atoms with Gasteiger partial charge in [0.25, 0.3) is 0 Å². The molecule has 116 valence electrons. The fourth-order valence-electron chi connectivity index (χ4n) is 2.16. The predicted molar refractivity (Wildman–Crippen MR) is 81.4 cm³/mol. The average Bonchev–Trinajstić information content (AvgIpc) is 2.44. The van der Waals surface area contributed by atoms with E-state index in [1.54, 1.807) is 0 Å². The van der Waals surface area contributed by atoms with E-state index in [9.17, 15) is 18.7 Å². The first-order chi connectivity index (χ1) is 10.4. The van der Waals surface area contributed by atoms with Crippen LogP contribution in [0.25, 0.3) is 0 Å². The van der Waals surface area contributed by atoms with Crippen molar-refractivity contribution in [2.75, 3.05) is 0 Å². The van der Waals surface area contributed by atoms with Crippen molar-refractivity contribution in [3.05, 3.63) is 69.2 Å². The van der Waals surface area contributed by atoms with Gasteiger partial charge in [0.05, 0.1) is 5.92 Å². The Hall–Kier alpha value is -1.65. The highest BCUT2D eigenvalue weighted by Gasteiger charge is 2.21. The molecular formula is C16H12Cl2F2O2. The van der Waals surface area contributed by atoms with Crippen molar-refractivity contribution in [1.82, 2.24) is 0 Å². The van der Waals surface area contributed by atoms with Gasteiger partial charge in [-0.1, -0.05) is 29.3 Å². The van der Waals surface area contributed by atoms with Crippen molar-refractivity contribution < 1.29 is 18.7 Å². The van der Waals surface area contributed by atoms with Crippen molar-refractivity contribution >= 4 is 29.2 Å². The van der Waals surface area contributed by atoms with Crippen LogP contribution in [0.15, 0.2) is 36.4 Å². The molecule has 2 nitrogen and oxygen atoms in total. The van der Waals surface area contributed by atoms with Gasteiger partial charge in [-0.2, -0.15) is 0 Å². The first-order valence-electron chi connectivity index (χ1n) is 6.47. The maximum atomic E-state index is 13.3. The maximum Gasteiger partial charge on any atom is 0.307 e. The van der Waals surface area contributed by atoms with Crippen LogP contribution in [0.1, 0.15) is 11.1 Å². The van der Waals surface area contributed by atoms with Crippen LogP contribution in [0.2, 0.25) is 10.0 Å². The largest absolute Gasteiger partial charge is 0.481 e. The summed E-state index contributed by atoms with van der Waals surface area (Å²) in [5.74, 6) is -2.87. The van der Waals surface area contributed by atoms with E-state index >= 15 is 0 Å². The molecule has 0 aliphatic carbocycles.